The lowest BCUT2D eigenvalue weighted by atomic mass is 10.2. The van der Waals surface area contributed by atoms with Gasteiger partial charge in [-0.1, -0.05) is 6.42 Å². The molecule has 1 rings (SSSR count). The Kier molecular flexibility index (Phi) is 4.90. The predicted octanol–water partition coefficient (Wildman–Crippen LogP) is 0.455. The van der Waals surface area contributed by atoms with E-state index in [2.05, 4.69) is 10.4 Å². The second-order valence-corrected chi connectivity index (χ2v) is 3.99. The van der Waals surface area contributed by atoms with Gasteiger partial charge in [0, 0.05) is 40.2 Å². The number of carbonyl (C=O) groups is 1. The first-order chi connectivity index (χ1) is 6.70. The van der Waals surface area contributed by atoms with Crippen LogP contribution in [-0.4, -0.2) is 49.5 Å². The molecule has 1 saturated heterocycles. The lowest BCUT2D eigenvalue weighted by molar-refractivity contribution is -0.128. The van der Waals surface area contributed by atoms with Crippen molar-refractivity contribution in [2.24, 2.45) is 0 Å². The average Bonchev–Trinajstić information content (AvgIpc) is 2.19. The molecule has 4 nitrogen and oxygen atoms in total. The van der Waals surface area contributed by atoms with Gasteiger partial charge in [-0.3, -0.25) is 10.2 Å². The number of carbonyl (C=O) groups excluding carboxylic acids is 1. The zero-order valence-electron chi connectivity index (χ0n) is 9.25. The molecule has 0 aromatic heterocycles. The third-order valence-electron chi connectivity index (χ3n) is 2.53. The maximum atomic E-state index is 11.3. The standard InChI is InChI=1S/C10H21N3O/c1-12(2)10(14)6-7-11-13-8-4-3-5-9-13/h11H,3-9H2,1-2H3. The van der Waals surface area contributed by atoms with E-state index in [4.69, 9.17) is 0 Å². The van der Waals surface area contributed by atoms with Crippen molar-refractivity contribution in [3.05, 3.63) is 0 Å². The first-order valence-corrected chi connectivity index (χ1v) is 5.39. The van der Waals surface area contributed by atoms with Crippen molar-refractivity contribution < 1.29 is 4.79 Å². The van der Waals surface area contributed by atoms with E-state index in [1.54, 1.807) is 19.0 Å². The Morgan fingerprint density at radius 1 is 1.29 bits per heavy atom. The highest BCUT2D eigenvalue weighted by Crippen LogP contribution is 2.05. The predicted molar refractivity (Wildman–Crippen MR) is 56.7 cm³/mol. The van der Waals surface area contributed by atoms with Crippen molar-refractivity contribution in [2.45, 2.75) is 25.7 Å². The molecule has 0 aromatic carbocycles. The molecule has 0 atom stereocenters. The van der Waals surface area contributed by atoms with Crippen molar-refractivity contribution in [3.63, 3.8) is 0 Å². The SMILES string of the molecule is CN(C)C(=O)CCNN1CCCCC1. The Balaban J connectivity index is 2.05. The summed E-state index contributed by atoms with van der Waals surface area (Å²) < 4.78 is 0. The molecule has 14 heavy (non-hydrogen) atoms. The molecule has 0 aliphatic carbocycles. The van der Waals surface area contributed by atoms with Gasteiger partial charge in [-0.2, -0.15) is 0 Å². The minimum absolute atomic E-state index is 0.189. The molecule has 1 amide bonds. The zero-order valence-corrected chi connectivity index (χ0v) is 9.25. The van der Waals surface area contributed by atoms with E-state index in [0.29, 0.717) is 6.42 Å². The van der Waals surface area contributed by atoms with Crippen LogP contribution in [-0.2, 0) is 4.79 Å². The molecule has 0 unspecified atom stereocenters. The third kappa shape index (κ3) is 4.07. The highest BCUT2D eigenvalue weighted by atomic mass is 16.2. The van der Waals surface area contributed by atoms with E-state index in [1.165, 1.54) is 19.3 Å². The van der Waals surface area contributed by atoms with Gasteiger partial charge in [-0.25, -0.2) is 5.01 Å². The molecule has 1 heterocycles. The van der Waals surface area contributed by atoms with Crippen LogP contribution in [0.5, 0.6) is 0 Å². The molecule has 0 aromatic rings. The van der Waals surface area contributed by atoms with Crippen LogP contribution in [0, 0.1) is 0 Å². The van der Waals surface area contributed by atoms with Gasteiger partial charge in [0.25, 0.3) is 0 Å². The van der Waals surface area contributed by atoms with Crippen molar-refractivity contribution in [2.75, 3.05) is 33.7 Å². The van der Waals surface area contributed by atoms with Crippen LogP contribution >= 0.6 is 0 Å². The second kappa shape index (κ2) is 5.98. The number of hydrogen-bond donors (Lipinski definition) is 1. The molecule has 82 valence electrons. The van der Waals surface area contributed by atoms with E-state index in [0.717, 1.165) is 19.6 Å². The molecule has 0 bridgehead atoms. The Hall–Kier alpha value is -0.610. The summed E-state index contributed by atoms with van der Waals surface area (Å²) in [4.78, 5) is 12.9. The Morgan fingerprint density at radius 3 is 2.50 bits per heavy atom. The third-order valence-corrected chi connectivity index (χ3v) is 2.53. The van der Waals surface area contributed by atoms with Crippen LogP contribution < -0.4 is 5.43 Å². The van der Waals surface area contributed by atoms with E-state index < -0.39 is 0 Å². The summed E-state index contributed by atoms with van der Waals surface area (Å²) in [5.74, 6) is 0.189. The van der Waals surface area contributed by atoms with Crippen LogP contribution in [0.1, 0.15) is 25.7 Å². The quantitative estimate of drug-likeness (QED) is 0.714. The normalized spacial score (nSPS) is 18.1. The summed E-state index contributed by atoms with van der Waals surface area (Å²) in [6.07, 6.45) is 4.47. The fourth-order valence-corrected chi connectivity index (χ4v) is 1.60. The number of hydrogen-bond acceptors (Lipinski definition) is 3. The Labute approximate surface area is 86.2 Å². The second-order valence-electron chi connectivity index (χ2n) is 3.99. The summed E-state index contributed by atoms with van der Waals surface area (Å²) in [6.45, 7) is 3.00. The molecule has 1 fully saturated rings. The summed E-state index contributed by atoms with van der Waals surface area (Å²) in [5.41, 5.74) is 3.29. The number of nitrogens with zero attached hydrogens (tertiary/aromatic N) is 2. The lowest BCUT2D eigenvalue weighted by Gasteiger charge is -2.27. The summed E-state index contributed by atoms with van der Waals surface area (Å²) in [7, 11) is 3.59. The van der Waals surface area contributed by atoms with Gasteiger partial charge in [0.15, 0.2) is 0 Å². The van der Waals surface area contributed by atoms with Crippen molar-refractivity contribution >= 4 is 5.91 Å². The highest BCUT2D eigenvalue weighted by molar-refractivity contribution is 5.75. The van der Waals surface area contributed by atoms with Crippen LogP contribution in [0.25, 0.3) is 0 Å². The van der Waals surface area contributed by atoms with Crippen LogP contribution in [0.4, 0.5) is 0 Å². The average molecular weight is 199 g/mol. The Morgan fingerprint density at radius 2 is 1.93 bits per heavy atom. The van der Waals surface area contributed by atoms with Crippen molar-refractivity contribution in [1.29, 1.82) is 0 Å². The van der Waals surface area contributed by atoms with E-state index in [-0.39, 0.29) is 5.91 Å². The Bertz CT molecular complexity index is 176. The largest absolute Gasteiger partial charge is 0.349 e. The van der Waals surface area contributed by atoms with Crippen molar-refractivity contribution in [1.82, 2.24) is 15.3 Å². The van der Waals surface area contributed by atoms with Gasteiger partial charge < -0.3 is 4.90 Å². The summed E-state index contributed by atoms with van der Waals surface area (Å²) in [5, 5.41) is 2.23. The van der Waals surface area contributed by atoms with E-state index in [9.17, 15) is 4.79 Å². The molecular weight excluding hydrogens is 178 g/mol. The van der Waals surface area contributed by atoms with Gasteiger partial charge in [0.1, 0.15) is 0 Å². The molecule has 1 N–H and O–H groups in total. The number of piperidine rings is 1. The highest BCUT2D eigenvalue weighted by Gasteiger charge is 2.09. The van der Waals surface area contributed by atoms with Gasteiger partial charge in [-0.05, 0) is 12.8 Å². The number of amides is 1. The maximum absolute atomic E-state index is 11.3. The summed E-state index contributed by atoms with van der Waals surface area (Å²) >= 11 is 0. The van der Waals surface area contributed by atoms with Crippen LogP contribution in [0.2, 0.25) is 0 Å². The van der Waals surface area contributed by atoms with Crippen molar-refractivity contribution in [3.8, 4) is 0 Å². The molecule has 4 heteroatoms. The van der Waals surface area contributed by atoms with Crippen LogP contribution in [0.15, 0.2) is 0 Å². The lowest BCUT2D eigenvalue weighted by Crippen LogP contribution is -2.43. The zero-order chi connectivity index (χ0) is 10.4. The molecule has 0 radical (unpaired) electrons. The topological polar surface area (TPSA) is 35.6 Å². The summed E-state index contributed by atoms with van der Waals surface area (Å²) in [6, 6.07) is 0. The van der Waals surface area contributed by atoms with Gasteiger partial charge in [0.05, 0.1) is 0 Å². The van der Waals surface area contributed by atoms with E-state index in [1.807, 2.05) is 0 Å². The first-order valence-electron chi connectivity index (χ1n) is 5.39. The number of hydrazine groups is 1. The van der Waals surface area contributed by atoms with Gasteiger partial charge >= 0.3 is 0 Å². The maximum Gasteiger partial charge on any atom is 0.223 e. The first kappa shape index (κ1) is 11.5. The van der Waals surface area contributed by atoms with Gasteiger partial charge in [-0.15, -0.1) is 0 Å². The molecule has 1 aliphatic heterocycles. The number of rotatable bonds is 4. The van der Waals surface area contributed by atoms with E-state index >= 15 is 0 Å². The smallest absolute Gasteiger partial charge is 0.223 e. The molecule has 0 spiro atoms. The molecule has 0 saturated carbocycles. The number of nitrogens with one attached hydrogen (secondary N) is 1. The molecule has 1 aliphatic rings. The van der Waals surface area contributed by atoms with Gasteiger partial charge in [0.2, 0.25) is 5.91 Å². The minimum Gasteiger partial charge on any atom is -0.349 e. The van der Waals surface area contributed by atoms with Crippen LogP contribution in [0.3, 0.4) is 0 Å². The monoisotopic (exact) mass is 199 g/mol. The molecular formula is C10H21N3O. The minimum atomic E-state index is 0.189. The fourth-order valence-electron chi connectivity index (χ4n) is 1.60. The fraction of sp³-hybridized carbons (Fsp3) is 0.900.